The maximum atomic E-state index is 12.1. The summed E-state index contributed by atoms with van der Waals surface area (Å²) in [6, 6.07) is 13.2. The zero-order chi connectivity index (χ0) is 18.3. The maximum Gasteiger partial charge on any atom is 0.241 e. The molecule has 0 aliphatic carbocycles. The number of ether oxygens (including phenoxy) is 1. The maximum absolute atomic E-state index is 12.1. The summed E-state index contributed by atoms with van der Waals surface area (Å²) in [6.07, 6.45) is 0.583. The minimum atomic E-state index is -3.75. The van der Waals surface area contributed by atoms with Crippen LogP contribution in [-0.4, -0.2) is 34.5 Å². The Hall–Kier alpha value is -2.09. The lowest BCUT2D eigenvalue weighted by atomic mass is 10.1. The van der Waals surface area contributed by atoms with Crippen molar-refractivity contribution < 1.29 is 17.9 Å². The second-order valence-electron chi connectivity index (χ2n) is 5.19. The molecule has 0 saturated heterocycles. The van der Waals surface area contributed by atoms with E-state index in [1.807, 2.05) is 24.3 Å². The molecular weight excluding hydrogens is 364 g/mol. The van der Waals surface area contributed by atoms with Crippen molar-refractivity contribution in [1.29, 1.82) is 0 Å². The largest absolute Gasteiger partial charge is 0.496 e. The second-order valence-corrected chi connectivity index (χ2v) is 7.39. The summed E-state index contributed by atoms with van der Waals surface area (Å²) in [5.74, 6) is 0.340. The molecule has 0 radical (unpaired) electrons. The third-order valence-electron chi connectivity index (χ3n) is 3.46. The molecule has 0 aliphatic heterocycles. The van der Waals surface area contributed by atoms with E-state index < -0.39 is 15.9 Å². The van der Waals surface area contributed by atoms with Gasteiger partial charge in [0, 0.05) is 11.6 Å². The van der Waals surface area contributed by atoms with E-state index in [0.717, 1.165) is 11.3 Å². The van der Waals surface area contributed by atoms with Gasteiger partial charge in [-0.2, -0.15) is 0 Å². The Labute approximate surface area is 152 Å². The SMILES string of the molecule is COc1ccccc1CCNC(=O)CNS(=O)(=O)c1ccc(Cl)cc1. The highest BCUT2D eigenvalue weighted by atomic mass is 35.5. The van der Waals surface area contributed by atoms with Crippen LogP contribution >= 0.6 is 11.6 Å². The number of amides is 1. The highest BCUT2D eigenvalue weighted by Gasteiger charge is 2.15. The lowest BCUT2D eigenvalue weighted by molar-refractivity contribution is -0.119. The third kappa shape index (κ3) is 5.74. The molecule has 8 heteroatoms. The number of hydrogen-bond donors (Lipinski definition) is 2. The van der Waals surface area contributed by atoms with Crippen molar-refractivity contribution in [2.45, 2.75) is 11.3 Å². The fourth-order valence-corrected chi connectivity index (χ4v) is 3.27. The predicted molar refractivity (Wildman–Crippen MR) is 96.3 cm³/mol. The van der Waals surface area contributed by atoms with E-state index in [1.54, 1.807) is 7.11 Å². The summed E-state index contributed by atoms with van der Waals surface area (Å²) in [4.78, 5) is 11.9. The summed E-state index contributed by atoms with van der Waals surface area (Å²) >= 11 is 5.73. The molecule has 0 spiro atoms. The number of para-hydroxylation sites is 1. The minimum absolute atomic E-state index is 0.0544. The van der Waals surface area contributed by atoms with Crippen molar-refractivity contribution in [3.05, 3.63) is 59.1 Å². The summed E-state index contributed by atoms with van der Waals surface area (Å²) in [7, 11) is -2.16. The third-order valence-corrected chi connectivity index (χ3v) is 5.12. The number of methoxy groups -OCH3 is 1. The Morgan fingerprint density at radius 3 is 2.48 bits per heavy atom. The fraction of sp³-hybridized carbons (Fsp3) is 0.235. The van der Waals surface area contributed by atoms with Crippen LogP contribution in [0, 0.1) is 0 Å². The first kappa shape index (κ1) is 19.2. The Balaban J connectivity index is 1.81. The zero-order valence-electron chi connectivity index (χ0n) is 13.7. The lowest BCUT2D eigenvalue weighted by Crippen LogP contribution is -2.37. The summed E-state index contributed by atoms with van der Waals surface area (Å²) in [6.45, 7) is 0.0404. The van der Waals surface area contributed by atoms with E-state index in [-0.39, 0.29) is 11.4 Å². The van der Waals surface area contributed by atoms with Gasteiger partial charge >= 0.3 is 0 Å². The zero-order valence-corrected chi connectivity index (χ0v) is 15.2. The highest BCUT2D eigenvalue weighted by Crippen LogP contribution is 2.17. The standard InChI is InChI=1S/C17H19ClN2O4S/c1-24-16-5-3-2-4-13(16)10-11-19-17(21)12-20-25(22,23)15-8-6-14(18)7-9-15/h2-9,20H,10-12H2,1H3,(H,19,21). The topological polar surface area (TPSA) is 84.5 Å². The average Bonchev–Trinajstić information content (AvgIpc) is 2.61. The molecule has 134 valence electrons. The molecule has 6 nitrogen and oxygen atoms in total. The molecule has 0 bridgehead atoms. The van der Waals surface area contributed by atoms with Gasteiger partial charge in [0.05, 0.1) is 18.6 Å². The van der Waals surface area contributed by atoms with Crippen LogP contribution in [0.4, 0.5) is 0 Å². The summed E-state index contributed by atoms with van der Waals surface area (Å²) in [5, 5.41) is 3.11. The van der Waals surface area contributed by atoms with Crippen molar-refractivity contribution >= 4 is 27.5 Å². The first-order valence-electron chi connectivity index (χ1n) is 7.56. The molecule has 25 heavy (non-hydrogen) atoms. The Morgan fingerprint density at radius 2 is 1.80 bits per heavy atom. The van der Waals surface area contributed by atoms with Crippen molar-refractivity contribution in [3.63, 3.8) is 0 Å². The number of carbonyl (C=O) groups excluding carboxylic acids is 1. The molecule has 0 heterocycles. The minimum Gasteiger partial charge on any atom is -0.496 e. The molecule has 0 fully saturated rings. The Morgan fingerprint density at radius 1 is 1.12 bits per heavy atom. The van der Waals surface area contributed by atoms with E-state index in [0.29, 0.717) is 18.0 Å². The summed E-state index contributed by atoms with van der Waals surface area (Å²) < 4.78 is 31.6. The van der Waals surface area contributed by atoms with Crippen molar-refractivity contribution in [2.75, 3.05) is 20.2 Å². The van der Waals surface area contributed by atoms with Crippen molar-refractivity contribution in [1.82, 2.24) is 10.0 Å². The molecule has 2 aromatic rings. The Kier molecular flexibility index (Phi) is 6.81. The van der Waals surface area contributed by atoms with Gasteiger partial charge in [-0.1, -0.05) is 29.8 Å². The summed E-state index contributed by atoms with van der Waals surface area (Å²) in [5.41, 5.74) is 0.965. The predicted octanol–water partition coefficient (Wildman–Crippen LogP) is 1.99. The first-order chi connectivity index (χ1) is 11.9. The quantitative estimate of drug-likeness (QED) is 0.731. The highest BCUT2D eigenvalue weighted by molar-refractivity contribution is 7.89. The van der Waals surface area contributed by atoms with Crippen molar-refractivity contribution in [3.8, 4) is 5.75 Å². The normalized spacial score (nSPS) is 11.1. The van der Waals surface area contributed by atoms with E-state index >= 15 is 0 Å². The monoisotopic (exact) mass is 382 g/mol. The van der Waals surface area contributed by atoms with E-state index in [1.165, 1.54) is 24.3 Å². The van der Waals surface area contributed by atoms with Gasteiger partial charge in [-0.15, -0.1) is 0 Å². The molecule has 0 saturated carbocycles. The second kappa shape index (κ2) is 8.84. The molecule has 1 amide bonds. The average molecular weight is 383 g/mol. The van der Waals surface area contributed by atoms with Crippen LogP contribution in [0.15, 0.2) is 53.4 Å². The number of hydrogen-bond acceptors (Lipinski definition) is 4. The van der Waals surface area contributed by atoms with Gasteiger partial charge in [0.25, 0.3) is 0 Å². The molecule has 0 aromatic heterocycles. The Bertz CT molecular complexity index is 823. The number of benzene rings is 2. The van der Waals surface area contributed by atoms with Gasteiger partial charge in [-0.3, -0.25) is 4.79 Å². The van der Waals surface area contributed by atoms with Crippen LogP contribution in [0.5, 0.6) is 5.75 Å². The van der Waals surface area contributed by atoms with Crippen LogP contribution in [0.2, 0.25) is 5.02 Å². The fourth-order valence-electron chi connectivity index (χ4n) is 2.17. The van der Waals surface area contributed by atoms with Gasteiger partial charge in [0.1, 0.15) is 5.75 Å². The van der Waals surface area contributed by atoms with Gasteiger partial charge in [0.2, 0.25) is 15.9 Å². The smallest absolute Gasteiger partial charge is 0.241 e. The van der Waals surface area contributed by atoms with Gasteiger partial charge in [0.15, 0.2) is 0 Å². The van der Waals surface area contributed by atoms with Crippen LogP contribution in [-0.2, 0) is 21.2 Å². The van der Waals surface area contributed by atoms with Crippen molar-refractivity contribution in [2.24, 2.45) is 0 Å². The lowest BCUT2D eigenvalue weighted by Gasteiger charge is -2.10. The van der Waals surface area contributed by atoms with Gasteiger partial charge in [-0.05, 0) is 42.3 Å². The van der Waals surface area contributed by atoms with Crippen LogP contribution in [0.1, 0.15) is 5.56 Å². The van der Waals surface area contributed by atoms with Crippen LogP contribution in [0.3, 0.4) is 0 Å². The van der Waals surface area contributed by atoms with E-state index in [4.69, 9.17) is 16.3 Å². The molecular formula is C17H19ClN2O4S. The number of halogens is 1. The molecule has 2 aromatic carbocycles. The van der Waals surface area contributed by atoms with E-state index in [9.17, 15) is 13.2 Å². The molecule has 2 rings (SSSR count). The van der Waals surface area contributed by atoms with Gasteiger partial charge < -0.3 is 10.1 Å². The van der Waals surface area contributed by atoms with E-state index in [2.05, 4.69) is 10.0 Å². The van der Waals surface area contributed by atoms with Crippen LogP contribution in [0.25, 0.3) is 0 Å². The number of carbonyl (C=O) groups is 1. The first-order valence-corrected chi connectivity index (χ1v) is 9.42. The number of rotatable bonds is 8. The molecule has 0 aliphatic rings. The number of nitrogens with one attached hydrogen (secondary N) is 2. The molecule has 2 N–H and O–H groups in total. The van der Waals surface area contributed by atoms with Gasteiger partial charge in [-0.25, -0.2) is 13.1 Å². The molecule has 0 unspecified atom stereocenters. The van der Waals surface area contributed by atoms with Crippen LogP contribution < -0.4 is 14.8 Å². The molecule has 0 atom stereocenters. The number of sulfonamides is 1.